The van der Waals surface area contributed by atoms with Gasteiger partial charge in [-0.15, -0.1) is 11.3 Å². The Morgan fingerprint density at radius 2 is 2.26 bits per heavy atom. The van der Waals surface area contributed by atoms with E-state index in [0.717, 1.165) is 23.7 Å². The third kappa shape index (κ3) is 4.37. The Balaban J connectivity index is 1.51. The summed E-state index contributed by atoms with van der Waals surface area (Å²) in [5.41, 5.74) is 4.04. The van der Waals surface area contributed by atoms with E-state index in [2.05, 4.69) is 27.3 Å². The van der Waals surface area contributed by atoms with Crippen LogP contribution in [0.15, 0.2) is 35.8 Å². The molecule has 1 aromatic carbocycles. The van der Waals surface area contributed by atoms with E-state index in [-0.39, 0.29) is 5.91 Å². The Bertz CT molecular complexity index is 644. The molecule has 1 aromatic heterocycles. The zero-order valence-corrected chi connectivity index (χ0v) is 14.0. The molecule has 1 aliphatic rings. The van der Waals surface area contributed by atoms with Gasteiger partial charge in [0.05, 0.1) is 24.4 Å². The van der Waals surface area contributed by atoms with E-state index in [1.807, 2.05) is 25.1 Å². The van der Waals surface area contributed by atoms with Gasteiger partial charge in [0, 0.05) is 24.5 Å². The fourth-order valence-electron chi connectivity index (χ4n) is 2.62. The van der Waals surface area contributed by atoms with E-state index in [1.165, 1.54) is 5.56 Å². The number of aryl methyl sites for hydroxylation is 1. The van der Waals surface area contributed by atoms with Crippen molar-refractivity contribution in [2.75, 3.05) is 19.7 Å². The van der Waals surface area contributed by atoms with Gasteiger partial charge in [0.1, 0.15) is 6.10 Å². The summed E-state index contributed by atoms with van der Waals surface area (Å²) >= 11 is 1.56. The van der Waals surface area contributed by atoms with E-state index in [9.17, 15) is 4.79 Å². The summed E-state index contributed by atoms with van der Waals surface area (Å²) in [6, 6.07) is 10.3. The first-order valence-corrected chi connectivity index (χ1v) is 8.65. The molecule has 23 heavy (non-hydrogen) atoms. The van der Waals surface area contributed by atoms with Crippen molar-refractivity contribution in [1.82, 2.24) is 15.2 Å². The molecule has 1 atom stereocenters. The van der Waals surface area contributed by atoms with Crippen LogP contribution in [-0.2, 0) is 22.6 Å². The molecule has 6 heteroatoms. The largest absolute Gasteiger partial charge is 0.366 e. The monoisotopic (exact) mass is 331 g/mol. The molecule has 5 nitrogen and oxygen atoms in total. The second kappa shape index (κ2) is 7.68. The summed E-state index contributed by atoms with van der Waals surface area (Å²) in [7, 11) is 0. The number of benzene rings is 1. The van der Waals surface area contributed by atoms with Crippen LogP contribution in [-0.4, -0.2) is 41.6 Å². The van der Waals surface area contributed by atoms with Gasteiger partial charge in [0.2, 0.25) is 0 Å². The smallest absolute Gasteiger partial charge is 0.250 e. The number of nitrogens with one attached hydrogen (secondary N) is 1. The highest BCUT2D eigenvalue weighted by Gasteiger charge is 2.26. The van der Waals surface area contributed by atoms with Gasteiger partial charge in [-0.05, 0) is 12.5 Å². The standard InChI is InChI=1S/C17H21N3O2S/c1-13-16(23-12-19-13)9-18-17(21)15-11-20(7-8-22-15)10-14-5-3-2-4-6-14/h2-6,12,15H,7-11H2,1H3,(H,18,21)/t15-/m1/s1. The SMILES string of the molecule is Cc1ncsc1CNC(=O)[C@H]1CN(Cc2ccccc2)CCO1. The topological polar surface area (TPSA) is 54.5 Å². The average molecular weight is 331 g/mol. The maximum absolute atomic E-state index is 12.3. The number of hydrogen-bond donors (Lipinski definition) is 1. The van der Waals surface area contributed by atoms with Crippen LogP contribution in [0.2, 0.25) is 0 Å². The van der Waals surface area contributed by atoms with Crippen LogP contribution in [0.1, 0.15) is 16.1 Å². The third-order valence-corrected chi connectivity index (χ3v) is 4.90. The lowest BCUT2D eigenvalue weighted by Crippen LogP contribution is -2.49. The van der Waals surface area contributed by atoms with Gasteiger partial charge in [-0.1, -0.05) is 30.3 Å². The third-order valence-electron chi connectivity index (χ3n) is 3.96. The van der Waals surface area contributed by atoms with Crippen molar-refractivity contribution in [3.8, 4) is 0 Å². The zero-order valence-electron chi connectivity index (χ0n) is 13.2. The maximum atomic E-state index is 12.3. The summed E-state index contributed by atoms with van der Waals surface area (Å²) in [4.78, 5) is 19.9. The second-order valence-corrected chi connectivity index (χ2v) is 6.60. The minimum absolute atomic E-state index is 0.0458. The molecule has 0 saturated carbocycles. The molecule has 2 heterocycles. The molecule has 1 amide bonds. The molecular weight excluding hydrogens is 310 g/mol. The normalized spacial score (nSPS) is 18.7. The number of morpholine rings is 1. The van der Waals surface area contributed by atoms with Crippen LogP contribution in [0.25, 0.3) is 0 Å². The molecule has 1 fully saturated rings. The fourth-order valence-corrected chi connectivity index (χ4v) is 3.34. The summed E-state index contributed by atoms with van der Waals surface area (Å²) in [5.74, 6) is -0.0458. The first kappa shape index (κ1) is 16.1. The molecule has 0 aliphatic carbocycles. The minimum Gasteiger partial charge on any atom is -0.366 e. The number of ether oxygens (including phenoxy) is 1. The molecule has 0 bridgehead atoms. The maximum Gasteiger partial charge on any atom is 0.250 e. The zero-order chi connectivity index (χ0) is 16.1. The molecule has 1 saturated heterocycles. The van der Waals surface area contributed by atoms with E-state index in [4.69, 9.17) is 4.74 Å². The quantitative estimate of drug-likeness (QED) is 0.910. The van der Waals surface area contributed by atoms with E-state index < -0.39 is 6.10 Å². The van der Waals surface area contributed by atoms with Crippen molar-refractivity contribution in [3.05, 3.63) is 52.0 Å². The lowest BCUT2D eigenvalue weighted by atomic mass is 10.2. The van der Waals surface area contributed by atoms with Crippen molar-refractivity contribution < 1.29 is 9.53 Å². The number of hydrogen-bond acceptors (Lipinski definition) is 5. The number of carbonyl (C=O) groups is 1. The number of thiazole rings is 1. The van der Waals surface area contributed by atoms with Crippen molar-refractivity contribution in [2.45, 2.75) is 26.1 Å². The molecule has 0 spiro atoms. The lowest BCUT2D eigenvalue weighted by Gasteiger charge is -2.32. The van der Waals surface area contributed by atoms with E-state index >= 15 is 0 Å². The fraction of sp³-hybridized carbons (Fsp3) is 0.412. The number of amides is 1. The van der Waals surface area contributed by atoms with Gasteiger partial charge in [-0.2, -0.15) is 0 Å². The molecule has 1 N–H and O–H groups in total. The van der Waals surface area contributed by atoms with Crippen LogP contribution in [0.4, 0.5) is 0 Å². The Morgan fingerprint density at radius 3 is 3.00 bits per heavy atom. The second-order valence-electron chi connectivity index (χ2n) is 5.66. The number of carbonyl (C=O) groups excluding carboxylic acids is 1. The van der Waals surface area contributed by atoms with Gasteiger partial charge in [-0.25, -0.2) is 4.98 Å². The van der Waals surface area contributed by atoms with Gasteiger partial charge >= 0.3 is 0 Å². The highest BCUT2D eigenvalue weighted by atomic mass is 32.1. The van der Waals surface area contributed by atoms with E-state index in [0.29, 0.717) is 19.7 Å². The molecular formula is C17H21N3O2S. The first-order chi connectivity index (χ1) is 11.2. The Kier molecular flexibility index (Phi) is 5.38. The Hall–Kier alpha value is -1.76. The van der Waals surface area contributed by atoms with Gasteiger partial charge < -0.3 is 10.1 Å². The van der Waals surface area contributed by atoms with Crippen molar-refractivity contribution in [1.29, 1.82) is 0 Å². The summed E-state index contributed by atoms with van der Waals surface area (Å²) in [6.45, 7) is 5.39. The number of aromatic nitrogens is 1. The molecule has 122 valence electrons. The highest BCUT2D eigenvalue weighted by molar-refractivity contribution is 7.09. The molecule has 0 unspecified atom stereocenters. The van der Waals surface area contributed by atoms with Crippen LogP contribution >= 0.6 is 11.3 Å². The predicted molar refractivity (Wildman–Crippen MR) is 90.2 cm³/mol. The Labute approximate surface area is 140 Å². The van der Waals surface area contributed by atoms with E-state index in [1.54, 1.807) is 16.8 Å². The van der Waals surface area contributed by atoms with Gasteiger partial charge in [-0.3, -0.25) is 9.69 Å². The van der Waals surface area contributed by atoms with Gasteiger partial charge in [0.25, 0.3) is 5.91 Å². The Morgan fingerprint density at radius 1 is 1.43 bits per heavy atom. The molecule has 1 aliphatic heterocycles. The van der Waals surface area contributed by atoms with Crippen LogP contribution in [0.5, 0.6) is 0 Å². The summed E-state index contributed by atoms with van der Waals surface area (Å²) < 4.78 is 5.64. The summed E-state index contributed by atoms with van der Waals surface area (Å²) in [5, 5.41) is 2.96. The molecule has 2 aromatic rings. The van der Waals surface area contributed by atoms with Gasteiger partial charge in [0.15, 0.2) is 0 Å². The minimum atomic E-state index is -0.402. The first-order valence-electron chi connectivity index (χ1n) is 7.77. The average Bonchev–Trinajstić information content (AvgIpc) is 2.99. The van der Waals surface area contributed by atoms with Crippen molar-refractivity contribution in [3.63, 3.8) is 0 Å². The molecule has 0 radical (unpaired) electrons. The van der Waals surface area contributed by atoms with Crippen LogP contribution in [0, 0.1) is 6.92 Å². The predicted octanol–water partition coefficient (Wildman–Crippen LogP) is 1.97. The van der Waals surface area contributed by atoms with Crippen molar-refractivity contribution >= 4 is 17.2 Å². The lowest BCUT2D eigenvalue weighted by molar-refractivity contribution is -0.138. The number of nitrogens with zero attached hydrogens (tertiary/aromatic N) is 2. The number of rotatable bonds is 5. The van der Waals surface area contributed by atoms with Crippen molar-refractivity contribution in [2.24, 2.45) is 0 Å². The molecule has 3 rings (SSSR count). The highest BCUT2D eigenvalue weighted by Crippen LogP contribution is 2.13. The summed E-state index contributed by atoms with van der Waals surface area (Å²) in [6.07, 6.45) is -0.402. The van der Waals surface area contributed by atoms with Crippen LogP contribution in [0.3, 0.4) is 0 Å². The van der Waals surface area contributed by atoms with Crippen LogP contribution < -0.4 is 5.32 Å².